The molecule has 0 spiro atoms. The molecule has 0 bridgehead atoms. The van der Waals surface area contributed by atoms with Gasteiger partial charge in [0.1, 0.15) is 0 Å². The maximum absolute atomic E-state index is 8.46. The minimum atomic E-state index is -0.0760. The summed E-state index contributed by atoms with van der Waals surface area (Å²) >= 11 is 0. The Kier molecular flexibility index (Phi) is 3.30. The minimum absolute atomic E-state index is 0.0760. The lowest BCUT2D eigenvalue weighted by Gasteiger charge is -2.03. The Bertz CT molecular complexity index is 247. The molecule has 4 heteroatoms. The van der Waals surface area contributed by atoms with Crippen LogP contribution in [-0.4, -0.2) is 22.6 Å². The molecule has 1 rings (SSSR count). The van der Waals surface area contributed by atoms with Gasteiger partial charge in [0, 0.05) is 24.9 Å². The Hall–Kier alpha value is -1.34. The molecular weight excluding hydrogens is 152 g/mol. The van der Waals surface area contributed by atoms with Crippen molar-refractivity contribution < 1.29 is 0 Å². The number of aromatic nitrogens is 2. The summed E-state index contributed by atoms with van der Waals surface area (Å²) in [6.07, 6.45) is 4.33. The fourth-order valence-electron chi connectivity index (χ4n) is 0.890. The maximum atomic E-state index is 8.46. The Morgan fingerprint density at radius 1 is 1.83 bits per heavy atom. The van der Waals surface area contributed by atoms with Crippen molar-refractivity contribution in [1.29, 1.82) is 5.26 Å². The van der Waals surface area contributed by atoms with Crippen molar-refractivity contribution >= 4 is 0 Å². The molecule has 0 aliphatic carbocycles. The van der Waals surface area contributed by atoms with Crippen molar-refractivity contribution in [1.82, 2.24) is 15.3 Å². The van der Waals surface area contributed by atoms with Gasteiger partial charge in [-0.2, -0.15) is 5.26 Å². The van der Waals surface area contributed by atoms with Crippen LogP contribution < -0.4 is 5.32 Å². The van der Waals surface area contributed by atoms with Crippen LogP contribution in [0.4, 0.5) is 0 Å². The molecule has 0 radical (unpaired) electrons. The van der Waals surface area contributed by atoms with Gasteiger partial charge in [-0.1, -0.05) is 0 Å². The van der Waals surface area contributed by atoms with Crippen LogP contribution in [0.15, 0.2) is 12.5 Å². The molecule has 12 heavy (non-hydrogen) atoms. The van der Waals surface area contributed by atoms with Crippen molar-refractivity contribution in [2.75, 3.05) is 6.54 Å². The number of nitriles is 1. The Labute approximate surface area is 71.6 Å². The summed E-state index contributed by atoms with van der Waals surface area (Å²) < 4.78 is 0. The molecule has 4 nitrogen and oxygen atoms in total. The number of hydrogen-bond acceptors (Lipinski definition) is 3. The molecule has 0 saturated carbocycles. The van der Waals surface area contributed by atoms with Gasteiger partial charge in [0.05, 0.1) is 18.4 Å². The van der Waals surface area contributed by atoms with Crippen LogP contribution >= 0.6 is 0 Å². The summed E-state index contributed by atoms with van der Waals surface area (Å²) in [7, 11) is 0. The number of hydrogen-bond donors (Lipinski definition) is 2. The Balaban J connectivity index is 2.16. The third-order valence-electron chi connectivity index (χ3n) is 1.59. The predicted octanol–water partition coefficient (Wildman–Crippen LogP) is 0.454. The SMILES string of the molecule is CC(C#N)NCCc1cnc[nH]1. The quantitative estimate of drug-likeness (QED) is 0.679. The first-order valence-corrected chi connectivity index (χ1v) is 3.93. The highest BCUT2D eigenvalue weighted by molar-refractivity contribution is 4.95. The largest absolute Gasteiger partial charge is 0.348 e. The van der Waals surface area contributed by atoms with Crippen LogP contribution in [0, 0.1) is 11.3 Å². The molecule has 0 saturated heterocycles. The summed E-state index contributed by atoms with van der Waals surface area (Å²) in [5, 5.41) is 11.5. The van der Waals surface area contributed by atoms with E-state index in [1.165, 1.54) is 0 Å². The fraction of sp³-hybridized carbons (Fsp3) is 0.500. The Morgan fingerprint density at radius 3 is 3.25 bits per heavy atom. The number of H-pyrrole nitrogens is 1. The van der Waals surface area contributed by atoms with Gasteiger partial charge in [-0.05, 0) is 6.92 Å². The number of nitrogens with one attached hydrogen (secondary N) is 2. The van der Waals surface area contributed by atoms with Gasteiger partial charge in [0.25, 0.3) is 0 Å². The van der Waals surface area contributed by atoms with Gasteiger partial charge in [0.15, 0.2) is 0 Å². The molecule has 1 heterocycles. The van der Waals surface area contributed by atoms with Gasteiger partial charge >= 0.3 is 0 Å². The number of imidazole rings is 1. The van der Waals surface area contributed by atoms with Crippen molar-refractivity contribution in [3.05, 3.63) is 18.2 Å². The average molecular weight is 164 g/mol. The van der Waals surface area contributed by atoms with E-state index in [0.717, 1.165) is 18.7 Å². The molecule has 1 atom stereocenters. The molecule has 2 N–H and O–H groups in total. The van der Waals surface area contributed by atoms with Crippen LogP contribution in [-0.2, 0) is 6.42 Å². The van der Waals surface area contributed by atoms with E-state index in [-0.39, 0.29) is 6.04 Å². The first-order valence-electron chi connectivity index (χ1n) is 3.93. The van der Waals surface area contributed by atoms with Crippen molar-refractivity contribution in [2.24, 2.45) is 0 Å². The third-order valence-corrected chi connectivity index (χ3v) is 1.59. The first-order chi connectivity index (χ1) is 5.83. The smallest absolute Gasteiger partial charge is 0.0924 e. The zero-order chi connectivity index (χ0) is 8.81. The summed E-state index contributed by atoms with van der Waals surface area (Å²) in [4.78, 5) is 6.89. The van der Waals surface area contributed by atoms with Crippen LogP contribution in [0.1, 0.15) is 12.6 Å². The van der Waals surface area contributed by atoms with Crippen LogP contribution in [0.2, 0.25) is 0 Å². The summed E-state index contributed by atoms with van der Waals surface area (Å²) in [6.45, 7) is 2.64. The number of nitrogens with zero attached hydrogens (tertiary/aromatic N) is 2. The highest BCUT2D eigenvalue weighted by Crippen LogP contribution is 1.90. The van der Waals surface area contributed by atoms with E-state index in [4.69, 9.17) is 5.26 Å². The van der Waals surface area contributed by atoms with Crippen LogP contribution in [0.3, 0.4) is 0 Å². The molecular formula is C8H12N4. The van der Waals surface area contributed by atoms with E-state index in [1.54, 1.807) is 12.5 Å². The number of aromatic amines is 1. The van der Waals surface area contributed by atoms with Gasteiger partial charge < -0.3 is 10.3 Å². The lowest BCUT2D eigenvalue weighted by molar-refractivity contribution is 0.637. The lowest BCUT2D eigenvalue weighted by Crippen LogP contribution is -2.26. The fourth-order valence-corrected chi connectivity index (χ4v) is 0.890. The normalized spacial score (nSPS) is 12.3. The van der Waals surface area contributed by atoms with Crippen LogP contribution in [0.25, 0.3) is 0 Å². The van der Waals surface area contributed by atoms with E-state index < -0.39 is 0 Å². The standard InChI is InChI=1S/C8H12N4/c1-7(4-9)11-3-2-8-5-10-6-12-8/h5-7,11H,2-3H2,1H3,(H,10,12). The second-order valence-electron chi connectivity index (χ2n) is 2.63. The van der Waals surface area contributed by atoms with E-state index in [0.29, 0.717) is 0 Å². The first kappa shape index (κ1) is 8.75. The van der Waals surface area contributed by atoms with E-state index in [2.05, 4.69) is 21.4 Å². The van der Waals surface area contributed by atoms with E-state index in [1.807, 2.05) is 6.92 Å². The summed E-state index contributed by atoms with van der Waals surface area (Å²) in [5.74, 6) is 0. The molecule has 0 aliphatic rings. The zero-order valence-corrected chi connectivity index (χ0v) is 7.04. The van der Waals surface area contributed by atoms with Gasteiger partial charge in [0.2, 0.25) is 0 Å². The van der Waals surface area contributed by atoms with E-state index >= 15 is 0 Å². The average Bonchev–Trinajstić information content (AvgIpc) is 2.57. The molecule has 0 amide bonds. The van der Waals surface area contributed by atoms with Crippen molar-refractivity contribution in [2.45, 2.75) is 19.4 Å². The predicted molar refractivity (Wildman–Crippen MR) is 45.4 cm³/mol. The molecule has 0 fully saturated rings. The van der Waals surface area contributed by atoms with E-state index in [9.17, 15) is 0 Å². The molecule has 1 aromatic heterocycles. The topological polar surface area (TPSA) is 64.5 Å². The number of rotatable bonds is 4. The molecule has 0 aliphatic heterocycles. The summed E-state index contributed by atoms with van der Waals surface area (Å²) in [5.41, 5.74) is 1.09. The molecule has 0 aromatic carbocycles. The monoisotopic (exact) mass is 164 g/mol. The molecule has 1 unspecified atom stereocenters. The highest BCUT2D eigenvalue weighted by atomic mass is 14.9. The second-order valence-corrected chi connectivity index (χ2v) is 2.63. The van der Waals surface area contributed by atoms with Crippen LogP contribution in [0.5, 0.6) is 0 Å². The third kappa shape index (κ3) is 2.72. The molecule has 1 aromatic rings. The van der Waals surface area contributed by atoms with Crippen molar-refractivity contribution in [3.63, 3.8) is 0 Å². The van der Waals surface area contributed by atoms with Crippen molar-refractivity contribution in [3.8, 4) is 6.07 Å². The molecule has 64 valence electrons. The maximum Gasteiger partial charge on any atom is 0.0924 e. The zero-order valence-electron chi connectivity index (χ0n) is 7.04. The second kappa shape index (κ2) is 4.52. The van der Waals surface area contributed by atoms with Gasteiger partial charge in [-0.3, -0.25) is 0 Å². The summed E-state index contributed by atoms with van der Waals surface area (Å²) in [6, 6.07) is 2.03. The minimum Gasteiger partial charge on any atom is -0.348 e. The van der Waals surface area contributed by atoms with Gasteiger partial charge in [-0.25, -0.2) is 4.98 Å². The van der Waals surface area contributed by atoms with Gasteiger partial charge in [-0.15, -0.1) is 0 Å². The lowest BCUT2D eigenvalue weighted by atomic mass is 10.3. The highest BCUT2D eigenvalue weighted by Gasteiger charge is 1.97. The Morgan fingerprint density at radius 2 is 2.67 bits per heavy atom.